The third kappa shape index (κ3) is 5.71. The lowest BCUT2D eigenvalue weighted by molar-refractivity contribution is -0.384. The molecule has 0 unspecified atom stereocenters. The van der Waals surface area contributed by atoms with Crippen molar-refractivity contribution in [1.29, 1.82) is 0 Å². The zero-order valence-corrected chi connectivity index (χ0v) is 20.5. The zero-order chi connectivity index (χ0) is 24.9. The standard InChI is InChI=1S/C24H17Cl2N3O5S/c1-33-20-9-14(8-19(26)23(20)34-13-15-4-2-3-5-18(15)25)12-27-28-24(30)22-11-16-10-17(29(31)32)6-7-21(16)35-22/h2-12H,13H2,1H3,(H,28,30)/b27-12-. The van der Waals surface area contributed by atoms with E-state index >= 15 is 0 Å². The van der Waals surface area contributed by atoms with Crippen LogP contribution in [-0.2, 0) is 6.61 Å². The maximum absolute atomic E-state index is 12.5. The number of nitrogens with zero attached hydrogens (tertiary/aromatic N) is 2. The molecule has 11 heteroatoms. The lowest BCUT2D eigenvalue weighted by Crippen LogP contribution is -2.16. The number of thiophene rings is 1. The number of ether oxygens (including phenoxy) is 2. The Labute approximate surface area is 213 Å². The number of nitrogens with one attached hydrogen (secondary N) is 1. The second-order valence-corrected chi connectivity index (χ2v) is 9.10. The minimum absolute atomic E-state index is 0.0367. The van der Waals surface area contributed by atoms with Crippen LogP contribution >= 0.6 is 34.5 Å². The second kappa shape index (κ2) is 10.7. The summed E-state index contributed by atoms with van der Waals surface area (Å²) in [6.07, 6.45) is 1.42. The molecule has 1 N–H and O–H groups in total. The molecule has 0 atom stereocenters. The van der Waals surface area contributed by atoms with Crippen molar-refractivity contribution in [1.82, 2.24) is 5.43 Å². The van der Waals surface area contributed by atoms with Gasteiger partial charge in [0.05, 0.1) is 28.1 Å². The molecule has 3 aromatic carbocycles. The van der Waals surface area contributed by atoms with Gasteiger partial charge < -0.3 is 9.47 Å². The van der Waals surface area contributed by atoms with Gasteiger partial charge in [0.1, 0.15) is 6.61 Å². The summed E-state index contributed by atoms with van der Waals surface area (Å²) in [5.41, 5.74) is 3.79. The van der Waals surface area contributed by atoms with Crippen molar-refractivity contribution in [2.75, 3.05) is 7.11 Å². The predicted molar refractivity (Wildman–Crippen MR) is 137 cm³/mol. The zero-order valence-electron chi connectivity index (χ0n) is 18.2. The maximum atomic E-state index is 12.5. The van der Waals surface area contributed by atoms with Crippen LogP contribution in [0.4, 0.5) is 5.69 Å². The number of benzene rings is 3. The molecule has 0 radical (unpaired) electrons. The molecule has 8 nitrogen and oxygen atoms in total. The van der Waals surface area contributed by atoms with E-state index in [9.17, 15) is 14.9 Å². The van der Waals surface area contributed by atoms with Crippen LogP contribution in [0.15, 0.2) is 65.8 Å². The van der Waals surface area contributed by atoms with E-state index in [1.54, 1.807) is 30.3 Å². The first-order valence-electron chi connectivity index (χ1n) is 10.1. The Kier molecular flexibility index (Phi) is 7.50. The number of nitro benzene ring substituents is 1. The number of methoxy groups -OCH3 is 1. The average molecular weight is 530 g/mol. The number of rotatable bonds is 8. The number of fused-ring (bicyclic) bond motifs is 1. The monoisotopic (exact) mass is 529 g/mol. The Hall–Kier alpha value is -3.66. The molecule has 0 saturated carbocycles. The fourth-order valence-corrected chi connectivity index (χ4v) is 4.59. The van der Waals surface area contributed by atoms with Crippen LogP contribution in [0, 0.1) is 10.1 Å². The van der Waals surface area contributed by atoms with Crippen LogP contribution in [0.2, 0.25) is 10.0 Å². The molecule has 0 saturated heterocycles. The average Bonchev–Trinajstić information content (AvgIpc) is 3.27. The number of nitro groups is 1. The molecule has 4 aromatic rings. The SMILES string of the molecule is COc1cc(/C=N\NC(=O)c2cc3cc([N+](=O)[O-])ccc3s2)cc(Cl)c1OCc1ccccc1Cl. The number of hydrogen-bond acceptors (Lipinski definition) is 7. The highest BCUT2D eigenvalue weighted by Crippen LogP contribution is 2.37. The quantitative estimate of drug-likeness (QED) is 0.160. The van der Waals surface area contributed by atoms with Gasteiger partial charge in [0.15, 0.2) is 11.5 Å². The number of amides is 1. The molecule has 0 spiro atoms. The van der Waals surface area contributed by atoms with Crippen molar-refractivity contribution < 1.29 is 19.2 Å². The van der Waals surface area contributed by atoms with Gasteiger partial charge in [-0.3, -0.25) is 14.9 Å². The topological polar surface area (TPSA) is 103 Å². The van der Waals surface area contributed by atoms with Gasteiger partial charge in [-0.1, -0.05) is 41.4 Å². The molecule has 1 aromatic heterocycles. The lowest BCUT2D eigenvalue weighted by atomic mass is 10.2. The van der Waals surface area contributed by atoms with Crippen molar-refractivity contribution in [2.24, 2.45) is 5.10 Å². The Morgan fingerprint density at radius 1 is 1.14 bits per heavy atom. The number of carbonyl (C=O) groups excluding carboxylic acids is 1. The number of hydrogen-bond donors (Lipinski definition) is 1. The van der Waals surface area contributed by atoms with Crippen LogP contribution in [0.25, 0.3) is 10.1 Å². The molecule has 0 bridgehead atoms. The van der Waals surface area contributed by atoms with Gasteiger partial charge in [-0.15, -0.1) is 11.3 Å². The highest BCUT2D eigenvalue weighted by molar-refractivity contribution is 7.20. The summed E-state index contributed by atoms with van der Waals surface area (Å²) < 4.78 is 12.0. The van der Waals surface area contributed by atoms with Crippen molar-refractivity contribution in [3.63, 3.8) is 0 Å². The molecule has 0 aliphatic carbocycles. The van der Waals surface area contributed by atoms with E-state index in [1.807, 2.05) is 18.2 Å². The van der Waals surface area contributed by atoms with Crippen molar-refractivity contribution >= 4 is 62.4 Å². The molecule has 4 rings (SSSR count). The number of carbonyl (C=O) groups is 1. The van der Waals surface area contributed by atoms with Crippen LogP contribution in [-0.4, -0.2) is 24.2 Å². The fraction of sp³-hybridized carbons (Fsp3) is 0.0833. The van der Waals surface area contributed by atoms with Gasteiger partial charge in [0.25, 0.3) is 11.6 Å². The third-order valence-corrected chi connectivity index (χ3v) is 6.66. The first-order valence-corrected chi connectivity index (χ1v) is 11.7. The van der Waals surface area contributed by atoms with E-state index in [4.69, 9.17) is 32.7 Å². The Bertz CT molecular complexity index is 1450. The maximum Gasteiger partial charge on any atom is 0.281 e. The van der Waals surface area contributed by atoms with E-state index in [-0.39, 0.29) is 12.3 Å². The molecule has 0 fully saturated rings. The van der Waals surface area contributed by atoms with Crippen molar-refractivity contribution in [3.05, 3.63) is 96.8 Å². The summed E-state index contributed by atoms with van der Waals surface area (Å²) in [5, 5.41) is 16.4. The Morgan fingerprint density at radius 2 is 1.94 bits per heavy atom. The van der Waals surface area contributed by atoms with Gasteiger partial charge in [-0.05, 0) is 35.9 Å². The minimum atomic E-state index is -0.478. The summed E-state index contributed by atoms with van der Waals surface area (Å²) >= 11 is 13.8. The number of halogens is 2. The fourth-order valence-electron chi connectivity index (χ4n) is 3.20. The van der Waals surface area contributed by atoms with Gasteiger partial charge in [-0.2, -0.15) is 5.10 Å². The molecule has 1 heterocycles. The number of non-ortho nitro benzene ring substituents is 1. The summed E-state index contributed by atoms with van der Waals surface area (Å²) in [7, 11) is 1.49. The molecule has 0 aliphatic heterocycles. The largest absolute Gasteiger partial charge is 0.493 e. The minimum Gasteiger partial charge on any atom is -0.493 e. The van der Waals surface area contributed by atoms with Crippen LogP contribution in [0.3, 0.4) is 0 Å². The lowest BCUT2D eigenvalue weighted by Gasteiger charge is -2.14. The first kappa shape index (κ1) is 24.5. The predicted octanol–water partition coefficient (Wildman–Crippen LogP) is 6.47. The highest BCUT2D eigenvalue weighted by atomic mass is 35.5. The van der Waals surface area contributed by atoms with E-state index in [1.165, 1.54) is 36.8 Å². The number of hydrazone groups is 1. The summed E-state index contributed by atoms with van der Waals surface area (Å²) in [6.45, 7) is 0.206. The van der Waals surface area contributed by atoms with Gasteiger partial charge in [0, 0.05) is 32.8 Å². The van der Waals surface area contributed by atoms with Crippen molar-refractivity contribution in [3.8, 4) is 11.5 Å². The van der Waals surface area contributed by atoms with Crippen molar-refractivity contribution in [2.45, 2.75) is 6.61 Å². The molecular weight excluding hydrogens is 513 g/mol. The smallest absolute Gasteiger partial charge is 0.281 e. The van der Waals surface area contributed by atoms with Crippen LogP contribution in [0.5, 0.6) is 11.5 Å². The van der Waals surface area contributed by atoms with E-state index in [2.05, 4.69) is 10.5 Å². The third-order valence-electron chi connectivity index (χ3n) is 4.90. The van der Waals surface area contributed by atoms with E-state index in [0.29, 0.717) is 37.4 Å². The summed E-state index contributed by atoms with van der Waals surface area (Å²) in [5.74, 6) is 0.306. The van der Waals surface area contributed by atoms with Gasteiger partial charge in [-0.25, -0.2) is 5.43 Å². The van der Waals surface area contributed by atoms with Gasteiger partial charge >= 0.3 is 0 Å². The van der Waals surface area contributed by atoms with E-state index < -0.39 is 10.8 Å². The molecular formula is C24H17Cl2N3O5S. The summed E-state index contributed by atoms with van der Waals surface area (Å²) in [4.78, 5) is 23.3. The molecule has 1 amide bonds. The molecule has 35 heavy (non-hydrogen) atoms. The van der Waals surface area contributed by atoms with Crippen LogP contribution < -0.4 is 14.9 Å². The normalized spacial score (nSPS) is 11.1. The van der Waals surface area contributed by atoms with Gasteiger partial charge in [0.2, 0.25) is 0 Å². The Balaban J connectivity index is 1.45. The molecule has 178 valence electrons. The highest BCUT2D eigenvalue weighted by Gasteiger charge is 2.14. The second-order valence-electron chi connectivity index (χ2n) is 7.20. The van der Waals surface area contributed by atoms with E-state index in [0.717, 1.165) is 10.3 Å². The first-order chi connectivity index (χ1) is 16.9. The Morgan fingerprint density at radius 3 is 2.69 bits per heavy atom. The molecule has 0 aliphatic rings. The van der Waals surface area contributed by atoms with Crippen LogP contribution in [0.1, 0.15) is 20.8 Å². The summed E-state index contributed by atoms with van der Waals surface area (Å²) in [6, 6.07) is 16.6.